The summed E-state index contributed by atoms with van der Waals surface area (Å²) in [5, 5.41) is 3.48. The van der Waals surface area contributed by atoms with Crippen molar-refractivity contribution in [2.24, 2.45) is 0 Å². The van der Waals surface area contributed by atoms with Crippen molar-refractivity contribution in [2.75, 3.05) is 44.6 Å². The zero-order valence-electron chi connectivity index (χ0n) is 20.5. The van der Waals surface area contributed by atoms with Crippen LogP contribution < -0.4 is 5.32 Å². The third-order valence-electron chi connectivity index (χ3n) is 6.45. The van der Waals surface area contributed by atoms with Gasteiger partial charge >= 0.3 is 6.03 Å². The molecule has 0 atom stereocenters. The van der Waals surface area contributed by atoms with Crippen molar-refractivity contribution in [3.63, 3.8) is 0 Å². The average Bonchev–Trinajstić information content (AvgIpc) is 2.90. The van der Waals surface area contributed by atoms with Crippen molar-refractivity contribution < 1.29 is 9.59 Å². The summed E-state index contributed by atoms with van der Waals surface area (Å²) in [5.74, 6) is 0.0922. The lowest BCUT2D eigenvalue weighted by Crippen LogP contribution is -2.49. The minimum absolute atomic E-state index is 0.0922. The van der Waals surface area contributed by atoms with Crippen LogP contribution in [-0.4, -0.2) is 65.9 Å². The van der Waals surface area contributed by atoms with Crippen LogP contribution in [0.15, 0.2) is 84.9 Å². The molecule has 0 spiro atoms. The van der Waals surface area contributed by atoms with E-state index in [2.05, 4.69) is 34.5 Å². The molecule has 4 rings (SSSR count). The van der Waals surface area contributed by atoms with E-state index in [1.165, 1.54) is 5.56 Å². The molecule has 0 radical (unpaired) electrons. The molecule has 36 heavy (non-hydrogen) atoms. The number of urea groups is 1. The molecule has 0 saturated carbocycles. The highest BCUT2D eigenvalue weighted by Crippen LogP contribution is 2.16. The number of rotatable bonds is 9. The molecule has 1 saturated heterocycles. The monoisotopic (exact) mass is 504 g/mol. The molecule has 1 N–H and O–H groups in total. The summed E-state index contributed by atoms with van der Waals surface area (Å²) in [6, 6.07) is 27.3. The molecule has 3 aromatic rings. The highest BCUT2D eigenvalue weighted by Gasteiger charge is 2.23. The molecular formula is C29H33ClN4O2. The van der Waals surface area contributed by atoms with Crippen molar-refractivity contribution in [1.29, 1.82) is 0 Å². The lowest BCUT2D eigenvalue weighted by atomic mass is 10.1. The second-order valence-electron chi connectivity index (χ2n) is 9.06. The van der Waals surface area contributed by atoms with Gasteiger partial charge in [0.25, 0.3) is 0 Å². The summed E-state index contributed by atoms with van der Waals surface area (Å²) < 4.78 is 0. The van der Waals surface area contributed by atoms with Gasteiger partial charge in [-0.15, -0.1) is 0 Å². The number of hydrogen-bond acceptors (Lipinski definition) is 3. The van der Waals surface area contributed by atoms with Gasteiger partial charge in [0.2, 0.25) is 5.91 Å². The Hall–Kier alpha value is -3.35. The van der Waals surface area contributed by atoms with E-state index in [1.807, 2.05) is 41.3 Å². The fourth-order valence-electron chi connectivity index (χ4n) is 4.38. The van der Waals surface area contributed by atoms with E-state index in [-0.39, 0.29) is 11.9 Å². The van der Waals surface area contributed by atoms with E-state index in [0.29, 0.717) is 43.3 Å². The molecule has 0 aliphatic carbocycles. The highest BCUT2D eigenvalue weighted by atomic mass is 35.5. The molecule has 1 fully saturated rings. The smallest absolute Gasteiger partial charge is 0.321 e. The Morgan fingerprint density at radius 3 is 2.14 bits per heavy atom. The molecule has 0 bridgehead atoms. The summed E-state index contributed by atoms with van der Waals surface area (Å²) in [7, 11) is 0. The summed E-state index contributed by atoms with van der Waals surface area (Å²) in [6.45, 7) is 4.92. The molecule has 1 heterocycles. The van der Waals surface area contributed by atoms with E-state index in [1.54, 1.807) is 29.2 Å². The average molecular weight is 505 g/mol. The van der Waals surface area contributed by atoms with Gasteiger partial charge in [0.05, 0.1) is 0 Å². The Labute approximate surface area is 218 Å². The SMILES string of the molecule is O=C(CCN(CCc1ccccc1)C(=O)Nc1cccc(Cl)c1)N1CCN(Cc2ccccc2)CC1. The van der Waals surface area contributed by atoms with Gasteiger partial charge in [0.15, 0.2) is 0 Å². The largest absolute Gasteiger partial charge is 0.340 e. The van der Waals surface area contributed by atoms with Gasteiger partial charge in [-0.3, -0.25) is 9.69 Å². The first-order valence-corrected chi connectivity index (χ1v) is 12.8. The van der Waals surface area contributed by atoms with Crippen molar-refractivity contribution >= 4 is 29.2 Å². The predicted octanol–water partition coefficient (Wildman–Crippen LogP) is 5.15. The van der Waals surface area contributed by atoms with E-state index in [4.69, 9.17) is 11.6 Å². The van der Waals surface area contributed by atoms with Crippen LogP contribution in [0.3, 0.4) is 0 Å². The summed E-state index contributed by atoms with van der Waals surface area (Å²) in [5.41, 5.74) is 3.08. The number of carbonyl (C=O) groups excluding carboxylic acids is 2. The summed E-state index contributed by atoms with van der Waals surface area (Å²) in [6.07, 6.45) is 1.02. The standard InChI is InChI=1S/C29H33ClN4O2/c30-26-12-7-13-27(22-26)31-29(36)34(16-14-24-8-3-1-4-9-24)17-15-28(35)33-20-18-32(19-21-33)23-25-10-5-2-6-11-25/h1-13,22H,14-21,23H2,(H,31,36). The number of halogens is 1. The van der Waals surface area contributed by atoms with Gasteiger partial charge < -0.3 is 15.1 Å². The first-order chi connectivity index (χ1) is 17.6. The minimum Gasteiger partial charge on any atom is -0.340 e. The van der Waals surface area contributed by atoms with Gasteiger partial charge in [-0.05, 0) is 35.7 Å². The molecule has 1 aliphatic rings. The number of benzene rings is 3. The van der Waals surface area contributed by atoms with Crippen molar-refractivity contribution in [3.05, 3.63) is 101 Å². The van der Waals surface area contributed by atoms with Crippen molar-refractivity contribution in [3.8, 4) is 0 Å². The maximum absolute atomic E-state index is 13.1. The van der Waals surface area contributed by atoms with Crippen LogP contribution in [0.4, 0.5) is 10.5 Å². The van der Waals surface area contributed by atoms with Crippen LogP contribution in [0.1, 0.15) is 17.5 Å². The van der Waals surface area contributed by atoms with Crippen LogP contribution in [0.25, 0.3) is 0 Å². The molecule has 6 nitrogen and oxygen atoms in total. The van der Waals surface area contributed by atoms with Gasteiger partial charge in [-0.1, -0.05) is 78.3 Å². The van der Waals surface area contributed by atoms with E-state index in [9.17, 15) is 9.59 Å². The zero-order chi connectivity index (χ0) is 25.2. The summed E-state index contributed by atoms with van der Waals surface area (Å²) >= 11 is 6.07. The van der Waals surface area contributed by atoms with Crippen molar-refractivity contribution in [1.82, 2.24) is 14.7 Å². The summed E-state index contributed by atoms with van der Waals surface area (Å²) in [4.78, 5) is 32.1. The maximum atomic E-state index is 13.1. The first kappa shape index (κ1) is 25.7. The zero-order valence-corrected chi connectivity index (χ0v) is 21.2. The van der Waals surface area contributed by atoms with E-state index in [0.717, 1.165) is 31.6 Å². The number of amides is 3. The molecule has 0 aromatic heterocycles. The Morgan fingerprint density at radius 1 is 0.806 bits per heavy atom. The topological polar surface area (TPSA) is 55.9 Å². The fourth-order valence-corrected chi connectivity index (χ4v) is 4.57. The Kier molecular flexibility index (Phi) is 9.36. The molecule has 7 heteroatoms. The number of carbonyl (C=O) groups is 2. The second-order valence-corrected chi connectivity index (χ2v) is 9.49. The highest BCUT2D eigenvalue weighted by molar-refractivity contribution is 6.30. The normalized spacial score (nSPS) is 13.9. The van der Waals surface area contributed by atoms with Gasteiger partial charge in [-0.25, -0.2) is 4.79 Å². The Morgan fingerprint density at radius 2 is 1.47 bits per heavy atom. The Bertz CT molecular complexity index is 1120. The molecule has 1 aliphatic heterocycles. The lowest BCUT2D eigenvalue weighted by Gasteiger charge is -2.35. The van der Waals surface area contributed by atoms with Crippen LogP contribution in [0.2, 0.25) is 5.02 Å². The van der Waals surface area contributed by atoms with Crippen LogP contribution in [0, 0.1) is 0 Å². The molecule has 188 valence electrons. The van der Waals surface area contributed by atoms with Gasteiger partial charge in [-0.2, -0.15) is 0 Å². The maximum Gasteiger partial charge on any atom is 0.321 e. The fraction of sp³-hybridized carbons (Fsp3) is 0.310. The number of hydrogen-bond donors (Lipinski definition) is 1. The van der Waals surface area contributed by atoms with E-state index >= 15 is 0 Å². The third-order valence-corrected chi connectivity index (χ3v) is 6.68. The second kappa shape index (κ2) is 13.1. The van der Waals surface area contributed by atoms with Gasteiger partial charge in [0.1, 0.15) is 0 Å². The van der Waals surface area contributed by atoms with E-state index < -0.39 is 0 Å². The minimum atomic E-state index is -0.228. The quantitative estimate of drug-likeness (QED) is 0.438. The number of piperazine rings is 1. The molecule has 3 amide bonds. The van der Waals surface area contributed by atoms with Crippen LogP contribution >= 0.6 is 11.6 Å². The Balaban J connectivity index is 1.30. The number of nitrogens with one attached hydrogen (secondary N) is 1. The molecular weight excluding hydrogens is 472 g/mol. The predicted molar refractivity (Wildman–Crippen MR) is 145 cm³/mol. The van der Waals surface area contributed by atoms with Crippen LogP contribution in [-0.2, 0) is 17.8 Å². The third kappa shape index (κ3) is 7.83. The number of nitrogens with zero attached hydrogens (tertiary/aromatic N) is 3. The van der Waals surface area contributed by atoms with Gasteiger partial charge in [0, 0.05) is 62.9 Å². The van der Waals surface area contributed by atoms with Crippen molar-refractivity contribution in [2.45, 2.75) is 19.4 Å². The lowest BCUT2D eigenvalue weighted by molar-refractivity contribution is -0.133. The molecule has 0 unspecified atom stereocenters. The molecule has 3 aromatic carbocycles. The first-order valence-electron chi connectivity index (χ1n) is 12.5. The number of anilines is 1. The van der Waals surface area contributed by atoms with Crippen LogP contribution in [0.5, 0.6) is 0 Å².